The van der Waals surface area contributed by atoms with Crippen molar-refractivity contribution >= 4 is 11.8 Å². The molecule has 138 valence electrons. The summed E-state index contributed by atoms with van der Waals surface area (Å²) in [6.07, 6.45) is 2.27. The van der Waals surface area contributed by atoms with E-state index >= 15 is 0 Å². The molecule has 2 rings (SSSR count). The largest absolute Gasteiger partial charge is 0.352 e. The lowest BCUT2D eigenvalue weighted by Crippen LogP contribution is -2.28. The third-order valence-corrected chi connectivity index (χ3v) is 3.69. The van der Waals surface area contributed by atoms with E-state index in [4.69, 9.17) is 0 Å². The molecule has 0 radical (unpaired) electrons. The van der Waals surface area contributed by atoms with Gasteiger partial charge in [-0.25, -0.2) is 4.39 Å². The Morgan fingerprint density at radius 1 is 1.08 bits per heavy atom. The van der Waals surface area contributed by atoms with Crippen molar-refractivity contribution in [3.63, 3.8) is 0 Å². The SMILES string of the molecule is CN(C)CCCNC(=O)c1ccnc(C(=O)NCc2ccc(F)cc2)c1. The first-order valence-electron chi connectivity index (χ1n) is 8.37. The first-order chi connectivity index (χ1) is 12.5. The van der Waals surface area contributed by atoms with E-state index in [2.05, 4.69) is 15.6 Å². The van der Waals surface area contributed by atoms with Crippen LogP contribution in [0.2, 0.25) is 0 Å². The zero-order valence-electron chi connectivity index (χ0n) is 15.0. The van der Waals surface area contributed by atoms with Crippen LogP contribution in [-0.4, -0.2) is 48.9 Å². The smallest absolute Gasteiger partial charge is 0.270 e. The first kappa shape index (κ1) is 19.5. The number of nitrogens with zero attached hydrogens (tertiary/aromatic N) is 2. The number of carbonyl (C=O) groups excluding carboxylic acids is 2. The molecule has 0 aliphatic heterocycles. The minimum absolute atomic E-state index is 0.160. The Labute approximate surface area is 152 Å². The van der Waals surface area contributed by atoms with Gasteiger partial charge in [0.15, 0.2) is 0 Å². The minimum Gasteiger partial charge on any atom is -0.352 e. The van der Waals surface area contributed by atoms with Crippen LogP contribution in [0.4, 0.5) is 4.39 Å². The molecule has 2 N–H and O–H groups in total. The third-order valence-electron chi connectivity index (χ3n) is 3.69. The van der Waals surface area contributed by atoms with Crippen molar-refractivity contribution in [2.75, 3.05) is 27.2 Å². The fourth-order valence-electron chi connectivity index (χ4n) is 2.27. The van der Waals surface area contributed by atoms with Crippen molar-refractivity contribution in [1.82, 2.24) is 20.5 Å². The highest BCUT2D eigenvalue weighted by molar-refractivity contribution is 5.98. The fourth-order valence-corrected chi connectivity index (χ4v) is 2.27. The molecule has 7 heteroatoms. The maximum Gasteiger partial charge on any atom is 0.270 e. The lowest BCUT2D eigenvalue weighted by atomic mass is 10.2. The molecule has 1 aromatic carbocycles. The maximum atomic E-state index is 12.9. The van der Waals surface area contributed by atoms with Crippen LogP contribution < -0.4 is 10.6 Å². The van der Waals surface area contributed by atoms with Crippen LogP contribution in [0.5, 0.6) is 0 Å². The number of benzene rings is 1. The molecule has 2 amide bonds. The summed E-state index contributed by atoms with van der Waals surface area (Å²) in [7, 11) is 3.95. The second-order valence-corrected chi connectivity index (χ2v) is 6.15. The van der Waals surface area contributed by atoms with E-state index in [9.17, 15) is 14.0 Å². The summed E-state index contributed by atoms with van der Waals surface area (Å²) < 4.78 is 12.9. The van der Waals surface area contributed by atoms with Gasteiger partial charge in [-0.15, -0.1) is 0 Å². The van der Waals surface area contributed by atoms with Crippen LogP contribution >= 0.6 is 0 Å². The van der Waals surface area contributed by atoms with E-state index in [-0.39, 0.29) is 24.0 Å². The van der Waals surface area contributed by atoms with Gasteiger partial charge in [0.25, 0.3) is 11.8 Å². The third kappa shape index (κ3) is 6.25. The van der Waals surface area contributed by atoms with Gasteiger partial charge in [0.05, 0.1) is 0 Å². The van der Waals surface area contributed by atoms with Gasteiger partial charge in [0.1, 0.15) is 11.5 Å². The number of hydrogen-bond donors (Lipinski definition) is 2. The number of carbonyl (C=O) groups is 2. The first-order valence-corrected chi connectivity index (χ1v) is 8.37. The van der Waals surface area contributed by atoms with Gasteiger partial charge < -0.3 is 15.5 Å². The molecule has 1 aromatic heterocycles. The lowest BCUT2D eigenvalue weighted by molar-refractivity contribution is 0.0946. The molecule has 0 saturated heterocycles. The molecule has 1 heterocycles. The van der Waals surface area contributed by atoms with Crippen LogP contribution in [0, 0.1) is 5.82 Å². The number of pyridine rings is 1. The second-order valence-electron chi connectivity index (χ2n) is 6.15. The van der Waals surface area contributed by atoms with E-state index in [0.717, 1.165) is 18.5 Å². The summed E-state index contributed by atoms with van der Waals surface area (Å²) in [5.74, 6) is -0.957. The Morgan fingerprint density at radius 2 is 1.81 bits per heavy atom. The minimum atomic E-state index is -0.392. The highest BCUT2D eigenvalue weighted by Gasteiger charge is 2.11. The number of rotatable bonds is 8. The average Bonchev–Trinajstić information content (AvgIpc) is 2.64. The Bertz CT molecular complexity index is 747. The van der Waals surface area contributed by atoms with Gasteiger partial charge in [-0.05, 0) is 56.9 Å². The standard InChI is InChI=1S/C19H23FN4O2/c1-24(2)11-3-9-22-18(25)15-8-10-21-17(12-15)19(26)23-13-14-4-6-16(20)7-5-14/h4-8,10,12H,3,9,11,13H2,1-2H3,(H,22,25)(H,23,26). The van der Waals surface area contributed by atoms with Crippen LogP contribution in [-0.2, 0) is 6.54 Å². The predicted molar refractivity (Wildman–Crippen MR) is 97.3 cm³/mol. The Kier molecular flexibility index (Phi) is 7.23. The van der Waals surface area contributed by atoms with Crippen molar-refractivity contribution in [2.45, 2.75) is 13.0 Å². The number of hydrogen-bond acceptors (Lipinski definition) is 4. The normalized spacial score (nSPS) is 10.6. The van der Waals surface area contributed by atoms with Crippen molar-refractivity contribution in [1.29, 1.82) is 0 Å². The summed E-state index contributed by atoms with van der Waals surface area (Å²) in [5.41, 5.74) is 1.32. The zero-order valence-corrected chi connectivity index (χ0v) is 15.0. The molecule has 6 nitrogen and oxygen atoms in total. The van der Waals surface area contributed by atoms with Crippen molar-refractivity contribution in [3.8, 4) is 0 Å². The molecule has 0 aliphatic carbocycles. The van der Waals surface area contributed by atoms with Crippen LogP contribution in [0.25, 0.3) is 0 Å². The number of amides is 2. The summed E-state index contributed by atoms with van der Waals surface area (Å²) in [6.45, 7) is 1.70. The molecule has 0 fully saturated rings. The molecule has 2 aromatic rings. The Hall–Kier alpha value is -2.80. The maximum absolute atomic E-state index is 12.9. The van der Waals surface area contributed by atoms with Crippen molar-refractivity contribution in [3.05, 3.63) is 65.2 Å². The van der Waals surface area contributed by atoms with Gasteiger partial charge in [-0.1, -0.05) is 12.1 Å². The van der Waals surface area contributed by atoms with E-state index in [0.29, 0.717) is 12.1 Å². The zero-order chi connectivity index (χ0) is 18.9. The van der Waals surface area contributed by atoms with Crippen LogP contribution in [0.15, 0.2) is 42.6 Å². The highest BCUT2D eigenvalue weighted by atomic mass is 19.1. The van der Waals surface area contributed by atoms with Crippen LogP contribution in [0.3, 0.4) is 0 Å². The highest BCUT2D eigenvalue weighted by Crippen LogP contribution is 2.05. The molecule has 26 heavy (non-hydrogen) atoms. The molecule has 0 spiro atoms. The van der Waals surface area contributed by atoms with Crippen molar-refractivity contribution in [2.24, 2.45) is 0 Å². The summed E-state index contributed by atoms with van der Waals surface area (Å²) in [6, 6.07) is 8.89. The molecule has 0 saturated carbocycles. The number of aromatic nitrogens is 1. The van der Waals surface area contributed by atoms with Crippen LogP contribution in [0.1, 0.15) is 32.8 Å². The molecule has 0 bridgehead atoms. The van der Waals surface area contributed by atoms with Gasteiger partial charge in [-0.3, -0.25) is 14.6 Å². The Balaban J connectivity index is 1.89. The van der Waals surface area contributed by atoms with Crippen molar-refractivity contribution < 1.29 is 14.0 Å². The number of nitrogens with one attached hydrogen (secondary N) is 2. The molecule has 0 unspecified atom stereocenters. The Morgan fingerprint density at radius 3 is 2.50 bits per heavy atom. The average molecular weight is 358 g/mol. The van der Waals surface area contributed by atoms with E-state index < -0.39 is 5.91 Å². The molecule has 0 atom stereocenters. The predicted octanol–water partition coefficient (Wildman–Crippen LogP) is 1.83. The van der Waals surface area contributed by atoms with Gasteiger partial charge in [-0.2, -0.15) is 0 Å². The quantitative estimate of drug-likeness (QED) is 0.706. The van der Waals surface area contributed by atoms with E-state index in [1.54, 1.807) is 18.2 Å². The van der Waals surface area contributed by atoms with Gasteiger partial charge in [0.2, 0.25) is 0 Å². The topological polar surface area (TPSA) is 74.3 Å². The summed E-state index contributed by atoms with van der Waals surface area (Å²) >= 11 is 0. The summed E-state index contributed by atoms with van der Waals surface area (Å²) in [5, 5.41) is 5.53. The molecule has 0 aliphatic rings. The molecular weight excluding hydrogens is 335 g/mol. The van der Waals surface area contributed by atoms with E-state index in [1.807, 2.05) is 19.0 Å². The molecular formula is C19H23FN4O2. The monoisotopic (exact) mass is 358 g/mol. The van der Waals surface area contributed by atoms with Gasteiger partial charge in [0, 0.05) is 24.8 Å². The second kappa shape index (κ2) is 9.62. The fraction of sp³-hybridized carbons (Fsp3) is 0.316. The number of halogens is 1. The lowest BCUT2D eigenvalue weighted by Gasteiger charge is -2.10. The van der Waals surface area contributed by atoms with E-state index in [1.165, 1.54) is 24.4 Å². The van der Waals surface area contributed by atoms with Gasteiger partial charge >= 0.3 is 0 Å². The summed E-state index contributed by atoms with van der Waals surface area (Å²) in [4.78, 5) is 30.4.